The molecule has 5 nitrogen and oxygen atoms in total. The van der Waals surface area contributed by atoms with Crippen LogP contribution in [0.25, 0.3) is 0 Å². The fraction of sp³-hybridized carbons (Fsp3) is 0.833. The van der Waals surface area contributed by atoms with Crippen molar-refractivity contribution in [2.75, 3.05) is 32.8 Å². The number of rotatable bonds is 2. The fourth-order valence-corrected chi connectivity index (χ4v) is 3.06. The molecule has 2 unspecified atom stereocenters. The maximum Gasteiger partial charge on any atom is 0.245 e. The van der Waals surface area contributed by atoms with Gasteiger partial charge in [-0.1, -0.05) is 0 Å². The molecule has 3 heterocycles. The normalized spacial score (nSPS) is 33.4. The number of nitrogens with zero attached hydrogens (tertiary/aromatic N) is 2. The second-order valence-corrected chi connectivity index (χ2v) is 5.19. The van der Waals surface area contributed by atoms with Crippen molar-refractivity contribution in [2.45, 2.75) is 25.3 Å². The molecule has 0 saturated carbocycles. The third kappa shape index (κ3) is 1.92. The summed E-state index contributed by atoms with van der Waals surface area (Å²) in [5.74, 6) is 0.680. The Morgan fingerprint density at radius 2 is 2.18 bits per heavy atom. The van der Waals surface area contributed by atoms with Crippen LogP contribution >= 0.6 is 0 Å². The van der Waals surface area contributed by atoms with Crippen LogP contribution in [0.2, 0.25) is 0 Å². The van der Waals surface area contributed by atoms with Crippen LogP contribution in [-0.4, -0.2) is 60.5 Å². The number of hydrogen-bond acceptors (Lipinski definition) is 3. The molecule has 3 rings (SSSR count). The zero-order valence-corrected chi connectivity index (χ0v) is 9.93. The van der Waals surface area contributed by atoms with Crippen molar-refractivity contribution in [3.8, 4) is 0 Å². The van der Waals surface area contributed by atoms with E-state index in [0.717, 1.165) is 39.0 Å². The van der Waals surface area contributed by atoms with E-state index in [1.54, 1.807) is 9.80 Å². The van der Waals surface area contributed by atoms with Crippen LogP contribution in [0.5, 0.6) is 0 Å². The van der Waals surface area contributed by atoms with Gasteiger partial charge in [0.15, 0.2) is 0 Å². The van der Waals surface area contributed by atoms with Crippen LogP contribution in [-0.2, 0) is 14.3 Å². The van der Waals surface area contributed by atoms with Crippen LogP contribution < -0.4 is 0 Å². The molecule has 3 fully saturated rings. The van der Waals surface area contributed by atoms with Crippen molar-refractivity contribution in [1.82, 2.24) is 9.80 Å². The summed E-state index contributed by atoms with van der Waals surface area (Å²) in [6.45, 7) is 3.24. The maximum absolute atomic E-state index is 12.2. The number of ether oxygens (including phenoxy) is 1. The zero-order valence-electron chi connectivity index (χ0n) is 9.93. The number of carbonyl (C=O) groups excluding carboxylic acids is 2. The summed E-state index contributed by atoms with van der Waals surface area (Å²) >= 11 is 0. The van der Waals surface area contributed by atoms with Gasteiger partial charge in [-0.3, -0.25) is 9.59 Å². The molecular weight excluding hydrogens is 220 g/mol. The molecule has 0 aromatic heterocycles. The molecule has 0 spiro atoms. The van der Waals surface area contributed by atoms with Gasteiger partial charge < -0.3 is 14.5 Å². The van der Waals surface area contributed by atoms with Gasteiger partial charge in [-0.25, -0.2) is 0 Å². The molecule has 0 aliphatic carbocycles. The van der Waals surface area contributed by atoms with E-state index in [1.807, 2.05) is 0 Å². The van der Waals surface area contributed by atoms with E-state index in [-0.39, 0.29) is 24.4 Å². The van der Waals surface area contributed by atoms with E-state index in [0.29, 0.717) is 12.5 Å². The Morgan fingerprint density at radius 1 is 1.29 bits per heavy atom. The van der Waals surface area contributed by atoms with Crippen molar-refractivity contribution < 1.29 is 14.3 Å². The molecule has 0 aromatic carbocycles. The topological polar surface area (TPSA) is 49.9 Å². The van der Waals surface area contributed by atoms with Gasteiger partial charge in [0.2, 0.25) is 11.8 Å². The lowest BCUT2D eigenvalue weighted by Crippen LogP contribution is -2.58. The van der Waals surface area contributed by atoms with Gasteiger partial charge in [0.05, 0.1) is 13.2 Å². The van der Waals surface area contributed by atoms with Crippen molar-refractivity contribution >= 4 is 11.8 Å². The van der Waals surface area contributed by atoms with Gasteiger partial charge in [-0.15, -0.1) is 0 Å². The van der Waals surface area contributed by atoms with E-state index in [1.165, 1.54) is 0 Å². The first-order chi connectivity index (χ1) is 8.25. The maximum atomic E-state index is 12.2. The highest BCUT2D eigenvalue weighted by Crippen LogP contribution is 2.25. The number of piperazine rings is 1. The predicted molar refractivity (Wildman–Crippen MR) is 60.2 cm³/mol. The average Bonchev–Trinajstić information content (AvgIpc) is 2.96. The second-order valence-electron chi connectivity index (χ2n) is 5.19. The lowest BCUT2D eigenvalue weighted by molar-refractivity contribution is -0.154. The van der Waals surface area contributed by atoms with Gasteiger partial charge in [0, 0.05) is 25.6 Å². The van der Waals surface area contributed by atoms with Gasteiger partial charge in [0.25, 0.3) is 0 Å². The third-order valence-corrected chi connectivity index (χ3v) is 4.00. The third-order valence-electron chi connectivity index (χ3n) is 4.00. The highest BCUT2D eigenvalue weighted by Gasteiger charge is 2.42. The second kappa shape index (κ2) is 4.29. The van der Waals surface area contributed by atoms with Crippen molar-refractivity contribution in [2.24, 2.45) is 5.92 Å². The Balaban J connectivity index is 1.68. The SMILES string of the molecule is O=C1C2CCCN2C(=O)CN1CC1CCOC1. The monoisotopic (exact) mass is 238 g/mol. The van der Waals surface area contributed by atoms with E-state index >= 15 is 0 Å². The number of hydrogen-bond donors (Lipinski definition) is 0. The molecule has 94 valence electrons. The number of amides is 2. The van der Waals surface area contributed by atoms with Crippen LogP contribution in [0.3, 0.4) is 0 Å². The number of carbonyl (C=O) groups is 2. The zero-order chi connectivity index (χ0) is 11.8. The molecule has 2 atom stereocenters. The summed E-state index contributed by atoms with van der Waals surface area (Å²) in [6.07, 6.45) is 2.80. The molecule has 17 heavy (non-hydrogen) atoms. The molecule has 3 aliphatic rings. The Hall–Kier alpha value is -1.10. The Kier molecular flexibility index (Phi) is 2.78. The van der Waals surface area contributed by atoms with Crippen LogP contribution in [0.1, 0.15) is 19.3 Å². The fourth-order valence-electron chi connectivity index (χ4n) is 3.06. The standard InChI is InChI=1S/C12H18N2O3/c15-11-7-13(6-9-3-5-17-8-9)12(16)10-2-1-4-14(10)11/h9-10H,1-8H2. The van der Waals surface area contributed by atoms with Gasteiger partial charge in [0.1, 0.15) is 6.04 Å². The first kappa shape index (κ1) is 11.0. The Morgan fingerprint density at radius 3 is 2.94 bits per heavy atom. The molecule has 0 aromatic rings. The molecule has 3 aliphatic heterocycles. The molecule has 0 bridgehead atoms. The summed E-state index contributed by atoms with van der Waals surface area (Å²) < 4.78 is 5.31. The van der Waals surface area contributed by atoms with E-state index in [2.05, 4.69) is 0 Å². The van der Waals surface area contributed by atoms with Crippen molar-refractivity contribution in [3.05, 3.63) is 0 Å². The van der Waals surface area contributed by atoms with Crippen molar-refractivity contribution in [3.63, 3.8) is 0 Å². The summed E-state index contributed by atoms with van der Waals surface area (Å²) in [7, 11) is 0. The summed E-state index contributed by atoms with van der Waals surface area (Å²) in [5.41, 5.74) is 0. The Labute approximate surface area is 101 Å². The minimum absolute atomic E-state index is 0.117. The lowest BCUT2D eigenvalue weighted by atomic mass is 10.1. The summed E-state index contributed by atoms with van der Waals surface area (Å²) in [5, 5.41) is 0. The van der Waals surface area contributed by atoms with Gasteiger partial charge in [-0.05, 0) is 19.3 Å². The first-order valence-corrected chi connectivity index (χ1v) is 6.41. The smallest absolute Gasteiger partial charge is 0.245 e. The summed E-state index contributed by atoms with van der Waals surface area (Å²) in [4.78, 5) is 27.6. The molecular formula is C12H18N2O3. The minimum Gasteiger partial charge on any atom is -0.381 e. The molecule has 0 radical (unpaired) electrons. The van der Waals surface area contributed by atoms with E-state index in [4.69, 9.17) is 4.74 Å². The van der Waals surface area contributed by atoms with Crippen LogP contribution in [0, 0.1) is 5.92 Å². The molecule has 2 amide bonds. The lowest BCUT2D eigenvalue weighted by Gasteiger charge is -2.37. The molecule has 3 saturated heterocycles. The predicted octanol–water partition coefficient (Wildman–Crippen LogP) is -0.144. The quantitative estimate of drug-likeness (QED) is 0.672. The van der Waals surface area contributed by atoms with E-state index in [9.17, 15) is 9.59 Å². The first-order valence-electron chi connectivity index (χ1n) is 6.41. The Bertz CT molecular complexity index is 339. The highest BCUT2D eigenvalue weighted by atomic mass is 16.5. The summed E-state index contributed by atoms with van der Waals surface area (Å²) in [6, 6.07) is -0.168. The minimum atomic E-state index is -0.168. The molecule has 0 N–H and O–H groups in total. The average molecular weight is 238 g/mol. The van der Waals surface area contributed by atoms with Gasteiger partial charge in [-0.2, -0.15) is 0 Å². The van der Waals surface area contributed by atoms with Crippen LogP contribution in [0.4, 0.5) is 0 Å². The number of fused-ring (bicyclic) bond motifs is 1. The van der Waals surface area contributed by atoms with Crippen molar-refractivity contribution in [1.29, 1.82) is 0 Å². The largest absolute Gasteiger partial charge is 0.381 e. The van der Waals surface area contributed by atoms with E-state index < -0.39 is 0 Å². The highest BCUT2D eigenvalue weighted by molar-refractivity contribution is 5.95. The van der Waals surface area contributed by atoms with Gasteiger partial charge >= 0.3 is 0 Å². The van der Waals surface area contributed by atoms with Crippen LogP contribution in [0.15, 0.2) is 0 Å². The molecule has 5 heteroatoms.